The Hall–Kier alpha value is -0.570. The first-order valence-electron chi connectivity index (χ1n) is 7.44. The van der Waals surface area contributed by atoms with Crippen LogP contribution in [-0.4, -0.2) is 30.1 Å². The van der Waals surface area contributed by atoms with Crippen LogP contribution >= 0.6 is 11.6 Å². The van der Waals surface area contributed by atoms with Crippen molar-refractivity contribution in [3.8, 4) is 0 Å². The molecule has 2 fully saturated rings. The summed E-state index contributed by atoms with van der Waals surface area (Å²) in [5.41, 5.74) is 2.54. The minimum atomic E-state index is 0.675. The average molecular weight is 279 g/mol. The van der Waals surface area contributed by atoms with E-state index in [4.69, 9.17) is 11.6 Å². The Kier molecular flexibility index (Phi) is 4.11. The summed E-state index contributed by atoms with van der Waals surface area (Å²) in [6, 6.07) is 7.91. The lowest BCUT2D eigenvalue weighted by atomic mass is 10.0. The molecule has 1 aromatic carbocycles. The number of halogens is 1. The number of hydrogen-bond acceptors (Lipinski definition) is 2. The van der Waals surface area contributed by atoms with Crippen LogP contribution in [0, 0.1) is 6.92 Å². The molecule has 0 amide bonds. The molecule has 104 valence electrons. The fourth-order valence-electron chi connectivity index (χ4n) is 3.08. The number of rotatable bonds is 4. The summed E-state index contributed by atoms with van der Waals surface area (Å²) >= 11 is 6.10. The summed E-state index contributed by atoms with van der Waals surface area (Å²) in [6.07, 6.45) is 5.44. The molecule has 1 N–H and O–H groups in total. The van der Waals surface area contributed by atoms with Gasteiger partial charge in [0.2, 0.25) is 0 Å². The Balaban J connectivity index is 1.47. The predicted molar refractivity (Wildman–Crippen MR) is 80.6 cm³/mol. The molecule has 0 atom stereocenters. The molecule has 2 aliphatic rings. The first-order chi connectivity index (χ1) is 9.20. The van der Waals surface area contributed by atoms with E-state index in [0.29, 0.717) is 6.04 Å². The van der Waals surface area contributed by atoms with E-state index in [2.05, 4.69) is 29.3 Å². The zero-order valence-electron chi connectivity index (χ0n) is 11.7. The van der Waals surface area contributed by atoms with Crippen molar-refractivity contribution in [2.45, 2.75) is 51.2 Å². The van der Waals surface area contributed by atoms with Gasteiger partial charge in [-0.15, -0.1) is 0 Å². The first-order valence-corrected chi connectivity index (χ1v) is 7.82. The van der Waals surface area contributed by atoms with Crippen LogP contribution in [0.5, 0.6) is 0 Å². The number of nitrogens with one attached hydrogen (secondary N) is 1. The fourth-order valence-corrected chi connectivity index (χ4v) is 3.40. The van der Waals surface area contributed by atoms with Crippen LogP contribution in [-0.2, 0) is 6.54 Å². The summed E-state index contributed by atoms with van der Waals surface area (Å²) in [5, 5.41) is 4.53. The predicted octanol–water partition coefficient (Wildman–Crippen LogP) is 3.36. The zero-order chi connectivity index (χ0) is 13.2. The number of likely N-dealkylation sites (tertiary alicyclic amines) is 1. The lowest BCUT2D eigenvalue weighted by Crippen LogP contribution is -2.43. The van der Waals surface area contributed by atoms with Gasteiger partial charge in [-0.1, -0.05) is 17.7 Å². The van der Waals surface area contributed by atoms with Gasteiger partial charge < -0.3 is 10.2 Å². The molecule has 1 aliphatic heterocycles. The van der Waals surface area contributed by atoms with Gasteiger partial charge in [0.25, 0.3) is 0 Å². The molecule has 1 aliphatic carbocycles. The van der Waals surface area contributed by atoms with Gasteiger partial charge in [-0.3, -0.25) is 0 Å². The molecule has 3 heteroatoms. The van der Waals surface area contributed by atoms with Crippen molar-refractivity contribution in [2.75, 3.05) is 13.1 Å². The van der Waals surface area contributed by atoms with E-state index in [1.165, 1.54) is 49.9 Å². The van der Waals surface area contributed by atoms with Crippen molar-refractivity contribution in [1.82, 2.24) is 10.2 Å². The van der Waals surface area contributed by atoms with Gasteiger partial charge in [0.1, 0.15) is 0 Å². The van der Waals surface area contributed by atoms with Crippen LogP contribution in [0.2, 0.25) is 5.02 Å². The van der Waals surface area contributed by atoms with Crippen molar-refractivity contribution in [1.29, 1.82) is 0 Å². The minimum absolute atomic E-state index is 0.675. The first kappa shape index (κ1) is 13.4. The highest BCUT2D eigenvalue weighted by Crippen LogP contribution is 2.29. The fraction of sp³-hybridized carbons (Fsp3) is 0.625. The van der Waals surface area contributed by atoms with Gasteiger partial charge in [0, 0.05) is 23.7 Å². The maximum atomic E-state index is 6.10. The molecular formula is C16H23ClN2. The Morgan fingerprint density at radius 1 is 1.16 bits per heavy atom. The van der Waals surface area contributed by atoms with E-state index < -0.39 is 0 Å². The van der Waals surface area contributed by atoms with Crippen molar-refractivity contribution >= 4 is 11.6 Å². The lowest BCUT2D eigenvalue weighted by Gasteiger charge is -2.32. The van der Waals surface area contributed by atoms with Gasteiger partial charge in [0.15, 0.2) is 0 Å². The van der Waals surface area contributed by atoms with Crippen LogP contribution in [0.1, 0.15) is 36.8 Å². The monoisotopic (exact) mass is 278 g/mol. The third-order valence-corrected chi connectivity index (χ3v) is 4.51. The Morgan fingerprint density at radius 3 is 2.53 bits per heavy atom. The van der Waals surface area contributed by atoms with Crippen molar-refractivity contribution < 1.29 is 0 Å². The highest BCUT2D eigenvalue weighted by Gasteiger charge is 2.31. The lowest BCUT2D eigenvalue weighted by molar-refractivity contribution is 0.189. The second-order valence-corrected chi connectivity index (χ2v) is 6.50. The highest BCUT2D eigenvalue weighted by molar-refractivity contribution is 6.30. The number of nitrogens with zero attached hydrogens (tertiary/aromatic N) is 1. The Labute approximate surface area is 121 Å². The van der Waals surface area contributed by atoms with Crippen molar-refractivity contribution in [3.63, 3.8) is 0 Å². The second-order valence-electron chi connectivity index (χ2n) is 6.06. The number of hydrogen-bond donors (Lipinski definition) is 1. The molecule has 0 radical (unpaired) electrons. The van der Waals surface area contributed by atoms with Crippen LogP contribution in [0.15, 0.2) is 18.2 Å². The number of aryl methyl sites for hydroxylation is 1. The van der Waals surface area contributed by atoms with Crippen LogP contribution in [0.4, 0.5) is 0 Å². The normalized spacial score (nSPS) is 21.8. The molecule has 1 aromatic rings. The maximum absolute atomic E-state index is 6.10. The molecule has 19 heavy (non-hydrogen) atoms. The van der Waals surface area contributed by atoms with Crippen LogP contribution in [0.3, 0.4) is 0 Å². The second kappa shape index (κ2) is 5.82. The largest absolute Gasteiger partial charge is 0.310 e. The van der Waals surface area contributed by atoms with Gasteiger partial charge in [0.05, 0.1) is 0 Å². The van der Waals surface area contributed by atoms with E-state index in [9.17, 15) is 0 Å². The van der Waals surface area contributed by atoms with Crippen molar-refractivity contribution in [2.24, 2.45) is 0 Å². The minimum Gasteiger partial charge on any atom is -0.310 e. The standard InChI is InChI=1S/C16H23ClN2/c1-12-8-13(10-14(17)9-12)11-18-15-4-6-19(7-5-15)16-2-3-16/h8-10,15-16,18H,2-7,11H2,1H3. The van der Waals surface area contributed by atoms with Gasteiger partial charge in [-0.05, 0) is 69.0 Å². The highest BCUT2D eigenvalue weighted by atomic mass is 35.5. The van der Waals surface area contributed by atoms with Crippen LogP contribution in [0.25, 0.3) is 0 Å². The molecule has 0 spiro atoms. The van der Waals surface area contributed by atoms with E-state index in [1.807, 2.05) is 6.07 Å². The number of benzene rings is 1. The number of piperidine rings is 1. The SMILES string of the molecule is Cc1cc(Cl)cc(CNC2CCN(C3CC3)CC2)c1. The average Bonchev–Trinajstić information content (AvgIpc) is 3.20. The maximum Gasteiger partial charge on any atom is 0.0411 e. The molecule has 2 nitrogen and oxygen atoms in total. The van der Waals surface area contributed by atoms with Gasteiger partial charge in [-0.2, -0.15) is 0 Å². The topological polar surface area (TPSA) is 15.3 Å². The summed E-state index contributed by atoms with van der Waals surface area (Å²) in [7, 11) is 0. The summed E-state index contributed by atoms with van der Waals surface area (Å²) in [6.45, 7) is 5.59. The van der Waals surface area contributed by atoms with E-state index in [1.54, 1.807) is 0 Å². The Morgan fingerprint density at radius 2 is 1.89 bits per heavy atom. The molecule has 1 saturated heterocycles. The van der Waals surface area contributed by atoms with Crippen molar-refractivity contribution in [3.05, 3.63) is 34.3 Å². The van der Waals surface area contributed by atoms with E-state index >= 15 is 0 Å². The third-order valence-electron chi connectivity index (χ3n) is 4.29. The molecular weight excluding hydrogens is 256 g/mol. The molecule has 0 unspecified atom stereocenters. The zero-order valence-corrected chi connectivity index (χ0v) is 12.4. The Bertz CT molecular complexity index is 414. The van der Waals surface area contributed by atoms with E-state index in [0.717, 1.165) is 17.6 Å². The summed E-state index contributed by atoms with van der Waals surface area (Å²) in [4.78, 5) is 2.67. The molecule has 1 saturated carbocycles. The third kappa shape index (κ3) is 3.71. The smallest absolute Gasteiger partial charge is 0.0411 e. The summed E-state index contributed by atoms with van der Waals surface area (Å²) in [5.74, 6) is 0. The van der Waals surface area contributed by atoms with Gasteiger partial charge >= 0.3 is 0 Å². The van der Waals surface area contributed by atoms with Crippen LogP contribution < -0.4 is 5.32 Å². The molecule has 0 bridgehead atoms. The van der Waals surface area contributed by atoms with Gasteiger partial charge in [-0.25, -0.2) is 0 Å². The van der Waals surface area contributed by atoms with E-state index in [-0.39, 0.29) is 0 Å². The molecule has 1 heterocycles. The molecule has 3 rings (SSSR count). The molecule has 0 aromatic heterocycles. The summed E-state index contributed by atoms with van der Waals surface area (Å²) < 4.78 is 0. The quantitative estimate of drug-likeness (QED) is 0.908.